The largest absolute Gasteiger partial charge is 0.496 e. The summed E-state index contributed by atoms with van der Waals surface area (Å²) in [5.74, 6) is 0.828. The Balaban J connectivity index is 1.87. The van der Waals surface area contributed by atoms with Crippen LogP contribution in [0.25, 0.3) is 0 Å². The molecule has 0 saturated carbocycles. The highest BCUT2D eigenvalue weighted by Gasteiger charge is 2.28. The second-order valence-corrected chi connectivity index (χ2v) is 6.46. The fourth-order valence-corrected chi connectivity index (χ4v) is 2.96. The first kappa shape index (κ1) is 18.7. The van der Waals surface area contributed by atoms with E-state index in [4.69, 9.17) is 9.47 Å². The third-order valence-corrected chi connectivity index (χ3v) is 4.31. The van der Waals surface area contributed by atoms with Crippen molar-refractivity contribution in [1.29, 1.82) is 0 Å². The van der Waals surface area contributed by atoms with Crippen LogP contribution in [0.5, 0.6) is 5.75 Å². The van der Waals surface area contributed by atoms with Crippen molar-refractivity contribution >= 4 is 5.91 Å². The Bertz CT molecular complexity index is 536. The van der Waals surface area contributed by atoms with E-state index in [0.717, 1.165) is 30.9 Å². The molecule has 2 rings (SSSR count). The van der Waals surface area contributed by atoms with Crippen molar-refractivity contribution in [2.75, 3.05) is 47.4 Å². The summed E-state index contributed by atoms with van der Waals surface area (Å²) in [7, 11) is 5.71. The average molecular weight is 335 g/mol. The Kier molecular flexibility index (Phi) is 7.02. The molecule has 1 aromatic rings. The zero-order valence-electron chi connectivity index (χ0n) is 15.1. The van der Waals surface area contributed by atoms with E-state index in [9.17, 15) is 4.79 Å². The number of ether oxygens (including phenoxy) is 2. The number of morpholine rings is 1. The first-order valence-electron chi connectivity index (χ1n) is 8.41. The van der Waals surface area contributed by atoms with Crippen LogP contribution in [0.2, 0.25) is 0 Å². The maximum atomic E-state index is 12.5. The van der Waals surface area contributed by atoms with Crippen LogP contribution in [-0.4, -0.2) is 75.3 Å². The van der Waals surface area contributed by atoms with Gasteiger partial charge in [0.15, 0.2) is 0 Å². The Morgan fingerprint density at radius 1 is 1.46 bits per heavy atom. The zero-order valence-corrected chi connectivity index (χ0v) is 15.1. The van der Waals surface area contributed by atoms with Gasteiger partial charge >= 0.3 is 0 Å². The minimum absolute atomic E-state index is 0.0337. The summed E-state index contributed by atoms with van der Waals surface area (Å²) in [5, 5.41) is 3.01. The van der Waals surface area contributed by atoms with E-state index in [1.165, 1.54) is 0 Å². The van der Waals surface area contributed by atoms with Gasteiger partial charge < -0.3 is 19.7 Å². The molecule has 0 unspecified atom stereocenters. The summed E-state index contributed by atoms with van der Waals surface area (Å²) in [5.41, 5.74) is 0.980. The number of carbonyl (C=O) groups excluding carboxylic acids is 1. The summed E-state index contributed by atoms with van der Waals surface area (Å²) in [6.45, 7) is 5.53. The molecule has 0 spiro atoms. The molecule has 1 aliphatic heterocycles. The van der Waals surface area contributed by atoms with E-state index in [2.05, 4.69) is 15.1 Å². The standard InChI is InChI=1S/C18H29N3O3/c1-14(21-9-10-24-16(13-21)12-20(2)3)18(22)19-11-15-7-5-6-8-17(15)23-4/h5-8,14,16H,9-13H2,1-4H3,(H,19,22)/t14-,16-/m0/s1. The lowest BCUT2D eigenvalue weighted by atomic mass is 10.1. The number of para-hydroxylation sites is 1. The molecule has 0 radical (unpaired) electrons. The molecule has 134 valence electrons. The fraction of sp³-hybridized carbons (Fsp3) is 0.611. The third-order valence-electron chi connectivity index (χ3n) is 4.31. The van der Waals surface area contributed by atoms with Crippen LogP contribution in [0.3, 0.4) is 0 Å². The number of amides is 1. The van der Waals surface area contributed by atoms with Crippen molar-refractivity contribution in [3.63, 3.8) is 0 Å². The van der Waals surface area contributed by atoms with Gasteiger partial charge in [0.25, 0.3) is 0 Å². The number of carbonyl (C=O) groups is 1. The Labute approximate surface area is 144 Å². The van der Waals surface area contributed by atoms with Crippen LogP contribution in [0.1, 0.15) is 12.5 Å². The van der Waals surface area contributed by atoms with E-state index in [1.807, 2.05) is 45.3 Å². The number of hydrogen-bond acceptors (Lipinski definition) is 5. The van der Waals surface area contributed by atoms with Crippen molar-refractivity contribution in [3.8, 4) is 5.75 Å². The number of hydrogen-bond donors (Lipinski definition) is 1. The first-order chi connectivity index (χ1) is 11.5. The monoisotopic (exact) mass is 335 g/mol. The zero-order chi connectivity index (χ0) is 17.5. The number of benzene rings is 1. The smallest absolute Gasteiger partial charge is 0.237 e. The minimum Gasteiger partial charge on any atom is -0.496 e. The summed E-state index contributed by atoms with van der Waals surface area (Å²) in [6.07, 6.45) is 0.151. The van der Waals surface area contributed by atoms with Gasteiger partial charge in [-0.1, -0.05) is 18.2 Å². The lowest BCUT2D eigenvalue weighted by Crippen LogP contribution is -2.53. The van der Waals surface area contributed by atoms with Gasteiger partial charge in [-0.3, -0.25) is 9.69 Å². The number of likely N-dealkylation sites (N-methyl/N-ethyl adjacent to an activating group) is 1. The molecule has 1 saturated heterocycles. The molecule has 1 fully saturated rings. The van der Waals surface area contributed by atoms with Crippen molar-refractivity contribution in [2.24, 2.45) is 0 Å². The summed E-state index contributed by atoms with van der Waals surface area (Å²) in [4.78, 5) is 16.8. The lowest BCUT2D eigenvalue weighted by molar-refractivity contribution is -0.129. The molecule has 0 aliphatic carbocycles. The Morgan fingerprint density at radius 2 is 2.21 bits per heavy atom. The normalized spacial score (nSPS) is 20.0. The van der Waals surface area contributed by atoms with Gasteiger partial charge in [0.2, 0.25) is 5.91 Å². The molecular weight excluding hydrogens is 306 g/mol. The van der Waals surface area contributed by atoms with Crippen molar-refractivity contribution < 1.29 is 14.3 Å². The van der Waals surface area contributed by atoms with Crippen LogP contribution < -0.4 is 10.1 Å². The molecule has 1 N–H and O–H groups in total. The molecule has 6 nitrogen and oxygen atoms in total. The molecular formula is C18H29N3O3. The van der Waals surface area contributed by atoms with Crippen LogP contribution in [-0.2, 0) is 16.1 Å². The molecule has 1 aromatic carbocycles. The first-order valence-corrected chi connectivity index (χ1v) is 8.41. The van der Waals surface area contributed by atoms with Gasteiger partial charge in [-0.2, -0.15) is 0 Å². The van der Waals surface area contributed by atoms with E-state index in [1.54, 1.807) is 7.11 Å². The third kappa shape index (κ3) is 5.19. The van der Waals surface area contributed by atoms with E-state index >= 15 is 0 Å². The predicted molar refractivity (Wildman–Crippen MR) is 94.2 cm³/mol. The number of nitrogens with zero attached hydrogens (tertiary/aromatic N) is 2. The van der Waals surface area contributed by atoms with E-state index in [-0.39, 0.29) is 18.1 Å². The second kappa shape index (κ2) is 9.01. The van der Waals surface area contributed by atoms with E-state index < -0.39 is 0 Å². The highest BCUT2D eigenvalue weighted by Crippen LogP contribution is 2.17. The molecule has 1 amide bonds. The van der Waals surface area contributed by atoms with Gasteiger partial charge in [0.05, 0.1) is 25.9 Å². The maximum absolute atomic E-state index is 12.5. The average Bonchev–Trinajstić information content (AvgIpc) is 2.58. The lowest BCUT2D eigenvalue weighted by Gasteiger charge is -2.37. The fourth-order valence-electron chi connectivity index (χ4n) is 2.96. The van der Waals surface area contributed by atoms with Crippen molar-refractivity contribution in [3.05, 3.63) is 29.8 Å². The summed E-state index contributed by atoms with van der Waals surface area (Å²) in [6, 6.07) is 7.56. The summed E-state index contributed by atoms with van der Waals surface area (Å²) < 4.78 is 11.1. The van der Waals surface area contributed by atoms with Gasteiger partial charge in [-0.25, -0.2) is 0 Å². The highest BCUT2D eigenvalue weighted by molar-refractivity contribution is 5.81. The quantitative estimate of drug-likeness (QED) is 0.804. The van der Waals surface area contributed by atoms with Crippen LogP contribution in [0.4, 0.5) is 0 Å². The van der Waals surface area contributed by atoms with Gasteiger partial charge in [0, 0.05) is 31.7 Å². The summed E-state index contributed by atoms with van der Waals surface area (Å²) >= 11 is 0. The Morgan fingerprint density at radius 3 is 2.92 bits per heavy atom. The number of nitrogens with one attached hydrogen (secondary N) is 1. The van der Waals surface area contributed by atoms with Gasteiger partial charge in [-0.05, 0) is 27.1 Å². The Hall–Kier alpha value is -1.63. The van der Waals surface area contributed by atoms with Crippen LogP contribution in [0, 0.1) is 0 Å². The second-order valence-electron chi connectivity index (χ2n) is 6.46. The minimum atomic E-state index is -0.173. The molecule has 1 aliphatic rings. The topological polar surface area (TPSA) is 54.0 Å². The maximum Gasteiger partial charge on any atom is 0.237 e. The van der Waals surface area contributed by atoms with Gasteiger partial charge in [-0.15, -0.1) is 0 Å². The molecule has 1 heterocycles. The van der Waals surface area contributed by atoms with Crippen molar-refractivity contribution in [2.45, 2.75) is 25.6 Å². The van der Waals surface area contributed by atoms with Crippen molar-refractivity contribution in [1.82, 2.24) is 15.1 Å². The molecule has 0 aromatic heterocycles. The SMILES string of the molecule is COc1ccccc1CNC(=O)[C@H](C)N1CCO[C@@H](CN(C)C)C1. The number of rotatable bonds is 7. The molecule has 0 bridgehead atoms. The number of methoxy groups -OCH3 is 1. The van der Waals surface area contributed by atoms with Crippen LogP contribution >= 0.6 is 0 Å². The molecule has 6 heteroatoms. The molecule has 24 heavy (non-hydrogen) atoms. The highest BCUT2D eigenvalue weighted by atomic mass is 16.5. The van der Waals surface area contributed by atoms with Crippen LogP contribution in [0.15, 0.2) is 24.3 Å². The predicted octanol–water partition coefficient (Wildman–Crippen LogP) is 0.962. The van der Waals surface area contributed by atoms with E-state index in [0.29, 0.717) is 13.2 Å². The van der Waals surface area contributed by atoms with Gasteiger partial charge in [0.1, 0.15) is 5.75 Å². The molecule has 2 atom stereocenters.